The van der Waals surface area contributed by atoms with Crippen molar-refractivity contribution in [1.29, 1.82) is 0 Å². The van der Waals surface area contributed by atoms with Crippen LogP contribution in [0, 0.1) is 0 Å². The van der Waals surface area contributed by atoms with Crippen LogP contribution in [-0.4, -0.2) is 34.4 Å². The Morgan fingerprint density at radius 1 is 1.38 bits per heavy atom. The number of benzene rings is 1. The Kier molecular flexibility index (Phi) is 5.33. The van der Waals surface area contributed by atoms with Crippen LogP contribution in [-0.2, 0) is 5.54 Å². The standard InChI is InChI=1S/C16H21ClN4O3/c1-6-24-13-11(17)7-10(8-12(13)23-5)14(22)20-15-18-9-19-21(15)16(2,3)4/h7-9H,6H2,1-5H3,(H,18,19,20,22). The predicted octanol–water partition coefficient (Wildman–Crippen LogP) is 3.35. The van der Waals surface area contributed by atoms with Crippen molar-refractivity contribution in [1.82, 2.24) is 14.8 Å². The minimum atomic E-state index is -0.364. The minimum absolute atomic E-state index is 0.304. The Hall–Kier alpha value is -2.28. The molecule has 24 heavy (non-hydrogen) atoms. The molecule has 0 fully saturated rings. The van der Waals surface area contributed by atoms with Crippen molar-refractivity contribution in [2.24, 2.45) is 0 Å². The summed E-state index contributed by atoms with van der Waals surface area (Å²) in [6.07, 6.45) is 1.40. The number of amides is 1. The van der Waals surface area contributed by atoms with Gasteiger partial charge in [-0.05, 0) is 39.8 Å². The Morgan fingerprint density at radius 3 is 2.67 bits per heavy atom. The maximum atomic E-state index is 12.5. The molecular weight excluding hydrogens is 332 g/mol. The highest BCUT2D eigenvalue weighted by atomic mass is 35.5. The van der Waals surface area contributed by atoms with Crippen LogP contribution in [0.4, 0.5) is 5.95 Å². The van der Waals surface area contributed by atoms with Crippen molar-refractivity contribution in [3.8, 4) is 11.5 Å². The fourth-order valence-corrected chi connectivity index (χ4v) is 2.39. The lowest BCUT2D eigenvalue weighted by Gasteiger charge is -2.21. The molecule has 0 spiro atoms. The smallest absolute Gasteiger partial charge is 0.258 e. The van der Waals surface area contributed by atoms with Gasteiger partial charge in [-0.1, -0.05) is 11.6 Å². The summed E-state index contributed by atoms with van der Waals surface area (Å²) in [7, 11) is 1.49. The van der Waals surface area contributed by atoms with Gasteiger partial charge in [-0.2, -0.15) is 10.1 Å². The molecule has 2 rings (SSSR count). The maximum Gasteiger partial charge on any atom is 0.258 e. The Labute approximate surface area is 145 Å². The lowest BCUT2D eigenvalue weighted by Crippen LogP contribution is -2.27. The fraction of sp³-hybridized carbons (Fsp3) is 0.438. The first kappa shape index (κ1) is 18.1. The van der Waals surface area contributed by atoms with Crippen LogP contribution in [0.1, 0.15) is 38.1 Å². The van der Waals surface area contributed by atoms with Gasteiger partial charge in [0.15, 0.2) is 11.5 Å². The molecule has 0 unspecified atom stereocenters. The number of nitrogens with one attached hydrogen (secondary N) is 1. The molecule has 130 valence electrons. The zero-order valence-corrected chi connectivity index (χ0v) is 15.1. The lowest BCUT2D eigenvalue weighted by molar-refractivity contribution is 0.102. The van der Waals surface area contributed by atoms with Gasteiger partial charge >= 0.3 is 0 Å². The molecule has 0 saturated heterocycles. The summed E-state index contributed by atoms with van der Waals surface area (Å²) in [5.74, 6) is 0.802. The zero-order valence-electron chi connectivity index (χ0n) is 14.4. The highest BCUT2D eigenvalue weighted by Crippen LogP contribution is 2.36. The quantitative estimate of drug-likeness (QED) is 0.892. The van der Waals surface area contributed by atoms with Crippen LogP contribution in [0.3, 0.4) is 0 Å². The first-order chi connectivity index (χ1) is 11.3. The molecule has 0 aliphatic carbocycles. The van der Waals surface area contributed by atoms with Crippen LogP contribution in [0.25, 0.3) is 0 Å². The molecule has 1 aromatic carbocycles. The number of rotatable bonds is 5. The third kappa shape index (κ3) is 3.79. The molecule has 1 heterocycles. The summed E-state index contributed by atoms with van der Waals surface area (Å²) in [5.41, 5.74) is 0.0246. The number of anilines is 1. The van der Waals surface area contributed by atoms with Crippen LogP contribution >= 0.6 is 11.6 Å². The number of halogens is 1. The molecule has 7 nitrogen and oxygen atoms in total. The second-order valence-corrected chi connectivity index (χ2v) is 6.45. The first-order valence-electron chi connectivity index (χ1n) is 7.50. The van der Waals surface area contributed by atoms with Crippen molar-refractivity contribution in [2.75, 3.05) is 19.0 Å². The van der Waals surface area contributed by atoms with Gasteiger partial charge < -0.3 is 9.47 Å². The summed E-state index contributed by atoms with van der Waals surface area (Å²) in [6.45, 7) is 8.18. The zero-order chi connectivity index (χ0) is 17.9. The molecule has 8 heteroatoms. The minimum Gasteiger partial charge on any atom is -0.493 e. The average Bonchev–Trinajstić information content (AvgIpc) is 2.97. The number of carbonyl (C=O) groups excluding carboxylic acids is 1. The normalized spacial score (nSPS) is 11.2. The number of ether oxygens (including phenoxy) is 2. The number of nitrogens with zero attached hydrogens (tertiary/aromatic N) is 3. The van der Waals surface area contributed by atoms with Gasteiger partial charge in [0.1, 0.15) is 6.33 Å². The number of aromatic nitrogens is 3. The topological polar surface area (TPSA) is 78.3 Å². The van der Waals surface area contributed by atoms with E-state index in [1.165, 1.54) is 19.5 Å². The molecule has 0 aliphatic rings. The van der Waals surface area contributed by atoms with Crippen molar-refractivity contribution in [3.63, 3.8) is 0 Å². The second-order valence-electron chi connectivity index (χ2n) is 6.04. The summed E-state index contributed by atoms with van der Waals surface area (Å²) < 4.78 is 12.3. The number of hydrogen-bond donors (Lipinski definition) is 1. The third-order valence-electron chi connectivity index (χ3n) is 3.19. The van der Waals surface area contributed by atoms with E-state index >= 15 is 0 Å². The molecule has 0 atom stereocenters. The van der Waals surface area contributed by atoms with E-state index in [-0.39, 0.29) is 11.4 Å². The molecule has 1 N–H and O–H groups in total. The Bertz CT molecular complexity index is 737. The van der Waals surface area contributed by atoms with Gasteiger partial charge in [-0.25, -0.2) is 4.68 Å². The summed E-state index contributed by atoms with van der Waals surface area (Å²) in [6, 6.07) is 3.10. The second kappa shape index (κ2) is 7.09. The van der Waals surface area contributed by atoms with E-state index in [1.807, 2.05) is 27.7 Å². The van der Waals surface area contributed by atoms with Crippen LogP contribution < -0.4 is 14.8 Å². The fourth-order valence-electron chi connectivity index (χ4n) is 2.13. The molecule has 0 aliphatic heterocycles. The van der Waals surface area contributed by atoms with Gasteiger partial charge in [0.2, 0.25) is 5.95 Å². The molecule has 0 bridgehead atoms. The number of hydrogen-bond acceptors (Lipinski definition) is 5. The van der Waals surface area contributed by atoms with Gasteiger partial charge in [0.05, 0.1) is 24.3 Å². The van der Waals surface area contributed by atoms with Crippen molar-refractivity contribution in [3.05, 3.63) is 29.0 Å². The van der Waals surface area contributed by atoms with E-state index in [1.54, 1.807) is 10.7 Å². The van der Waals surface area contributed by atoms with Crippen molar-refractivity contribution in [2.45, 2.75) is 33.2 Å². The average molecular weight is 353 g/mol. The number of carbonyl (C=O) groups is 1. The summed E-state index contributed by atoms with van der Waals surface area (Å²) in [4.78, 5) is 16.6. The van der Waals surface area contributed by atoms with Gasteiger partial charge in [0, 0.05) is 5.56 Å². The molecule has 1 amide bonds. The summed E-state index contributed by atoms with van der Waals surface area (Å²) >= 11 is 6.20. The van der Waals surface area contributed by atoms with E-state index in [0.717, 1.165) is 0 Å². The van der Waals surface area contributed by atoms with E-state index in [4.69, 9.17) is 21.1 Å². The van der Waals surface area contributed by atoms with E-state index in [2.05, 4.69) is 15.4 Å². The Balaban J connectivity index is 2.31. The van der Waals surface area contributed by atoms with Gasteiger partial charge in [-0.3, -0.25) is 10.1 Å². The van der Waals surface area contributed by atoms with Gasteiger partial charge in [0.25, 0.3) is 5.91 Å². The Morgan fingerprint density at radius 2 is 2.08 bits per heavy atom. The predicted molar refractivity (Wildman–Crippen MR) is 92.1 cm³/mol. The van der Waals surface area contributed by atoms with E-state index in [0.29, 0.717) is 34.6 Å². The van der Waals surface area contributed by atoms with Crippen LogP contribution in [0.15, 0.2) is 18.5 Å². The van der Waals surface area contributed by atoms with E-state index < -0.39 is 0 Å². The monoisotopic (exact) mass is 352 g/mol. The largest absolute Gasteiger partial charge is 0.493 e. The lowest BCUT2D eigenvalue weighted by atomic mass is 10.1. The molecule has 1 aromatic heterocycles. The van der Waals surface area contributed by atoms with Gasteiger partial charge in [-0.15, -0.1) is 0 Å². The molecule has 0 radical (unpaired) electrons. The van der Waals surface area contributed by atoms with Crippen molar-refractivity contribution < 1.29 is 14.3 Å². The summed E-state index contributed by atoms with van der Waals surface area (Å²) in [5, 5.41) is 7.19. The number of methoxy groups -OCH3 is 1. The first-order valence-corrected chi connectivity index (χ1v) is 7.88. The highest BCUT2D eigenvalue weighted by Gasteiger charge is 2.21. The molecular formula is C16H21ClN4O3. The van der Waals surface area contributed by atoms with Crippen molar-refractivity contribution >= 4 is 23.5 Å². The van der Waals surface area contributed by atoms with Crippen LogP contribution in [0.2, 0.25) is 5.02 Å². The highest BCUT2D eigenvalue weighted by molar-refractivity contribution is 6.32. The molecule has 2 aromatic rings. The molecule has 0 saturated carbocycles. The maximum absolute atomic E-state index is 12.5. The van der Waals surface area contributed by atoms with E-state index in [9.17, 15) is 4.79 Å². The third-order valence-corrected chi connectivity index (χ3v) is 3.47. The van der Waals surface area contributed by atoms with Crippen LogP contribution in [0.5, 0.6) is 11.5 Å². The SMILES string of the molecule is CCOc1c(Cl)cc(C(=O)Nc2ncnn2C(C)(C)C)cc1OC.